The molecule has 1 aliphatic rings. The predicted molar refractivity (Wildman–Crippen MR) is 91.7 cm³/mol. The van der Waals surface area contributed by atoms with Gasteiger partial charge in [-0.15, -0.1) is 13.2 Å². The van der Waals surface area contributed by atoms with Crippen molar-refractivity contribution in [3.8, 4) is 11.5 Å². The van der Waals surface area contributed by atoms with E-state index in [4.69, 9.17) is 4.42 Å². The highest BCUT2D eigenvalue weighted by atomic mass is 19.4. The molecule has 0 unspecified atom stereocenters. The normalized spacial score (nSPS) is 19.3. The number of likely N-dealkylation sites (tertiary alicyclic amines) is 1. The molecule has 1 saturated heterocycles. The molecule has 1 amide bonds. The molecule has 0 bridgehead atoms. The summed E-state index contributed by atoms with van der Waals surface area (Å²) in [5, 5.41) is 2.96. The number of rotatable bonds is 5. The summed E-state index contributed by atoms with van der Waals surface area (Å²) in [7, 11) is 0. The number of amides is 1. The van der Waals surface area contributed by atoms with Crippen LogP contribution in [0, 0.1) is 6.92 Å². The van der Waals surface area contributed by atoms with Crippen molar-refractivity contribution in [2.24, 2.45) is 0 Å². The van der Waals surface area contributed by atoms with E-state index in [2.05, 4.69) is 25.0 Å². The second-order valence-corrected chi connectivity index (χ2v) is 6.30. The molecule has 1 N–H and O–H groups in total. The molecule has 0 radical (unpaired) electrons. The zero-order chi connectivity index (χ0) is 20.5. The highest BCUT2D eigenvalue weighted by Crippen LogP contribution is 2.27. The minimum Gasteiger partial charge on any atom is -0.439 e. The van der Waals surface area contributed by atoms with Crippen molar-refractivity contribution in [3.05, 3.63) is 36.3 Å². The number of carbonyl (C=O) groups is 1. The quantitative estimate of drug-likeness (QED) is 0.776. The average Bonchev–Trinajstić information content (AvgIpc) is 3.06. The molecule has 0 saturated carbocycles. The van der Waals surface area contributed by atoms with Crippen molar-refractivity contribution in [2.45, 2.75) is 39.2 Å². The number of halogens is 3. The van der Waals surface area contributed by atoms with Gasteiger partial charge in [0.1, 0.15) is 23.9 Å². The summed E-state index contributed by atoms with van der Waals surface area (Å²) in [6, 6.07) is 0.496. The number of oxazole rings is 1. The van der Waals surface area contributed by atoms with Gasteiger partial charge in [-0.25, -0.2) is 15.0 Å². The van der Waals surface area contributed by atoms with Gasteiger partial charge < -0.3 is 19.4 Å². The van der Waals surface area contributed by atoms with Crippen LogP contribution >= 0.6 is 0 Å². The summed E-state index contributed by atoms with van der Waals surface area (Å²) in [4.78, 5) is 26.2. The molecular formula is C17H18F3N5O3. The highest BCUT2D eigenvalue weighted by Gasteiger charge is 2.38. The van der Waals surface area contributed by atoms with Gasteiger partial charge >= 0.3 is 6.36 Å². The van der Waals surface area contributed by atoms with Crippen LogP contribution in [0.2, 0.25) is 0 Å². The van der Waals surface area contributed by atoms with Crippen LogP contribution in [0.25, 0.3) is 11.5 Å². The van der Waals surface area contributed by atoms with E-state index in [0.29, 0.717) is 35.0 Å². The van der Waals surface area contributed by atoms with Gasteiger partial charge in [0.15, 0.2) is 11.7 Å². The number of nitrogens with one attached hydrogen (secondary N) is 1. The molecule has 0 spiro atoms. The Kier molecular flexibility index (Phi) is 5.25. The Labute approximate surface area is 158 Å². The van der Waals surface area contributed by atoms with Crippen molar-refractivity contribution >= 4 is 11.7 Å². The lowest BCUT2D eigenvalue weighted by atomic mass is 9.97. The number of nitrogens with zero attached hydrogens (tertiary/aromatic N) is 4. The minimum absolute atomic E-state index is 0.0778. The van der Waals surface area contributed by atoms with Gasteiger partial charge in [0.2, 0.25) is 5.91 Å². The van der Waals surface area contributed by atoms with E-state index in [9.17, 15) is 18.0 Å². The van der Waals surface area contributed by atoms with E-state index in [1.54, 1.807) is 26.8 Å². The van der Waals surface area contributed by atoms with Crippen molar-refractivity contribution in [1.82, 2.24) is 19.9 Å². The third-order valence-electron chi connectivity index (χ3n) is 4.26. The lowest BCUT2D eigenvalue weighted by Crippen LogP contribution is -2.55. The third-order valence-corrected chi connectivity index (χ3v) is 4.26. The van der Waals surface area contributed by atoms with Crippen LogP contribution in [0.5, 0.6) is 0 Å². The molecule has 2 atom stereocenters. The Morgan fingerprint density at radius 3 is 2.79 bits per heavy atom. The monoisotopic (exact) mass is 397 g/mol. The van der Waals surface area contributed by atoms with Crippen LogP contribution in [0.3, 0.4) is 0 Å². The van der Waals surface area contributed by atoms with Crippen molar-refractivity contribution in [2.75, 3.05) is 11.9 Å². The molecule has 2 aromatic heterocycles. The first-order chi connectivity index (χ1) is 13.1. The second-order valence-electron chi connectivity index (χ2n) is 6.30. The van der Waals surface area contributed by atoms with E-state index in [1.807, 2.05) is 0 Å². The van der Waals surface area contributed by atoms with Gasteiger partial charge in [0.05, 0.1) is 18.5 Å². The van der Waals surface area contributed by atoms with Crippen LogP contribution in [-0.4, -0.2) is 50.7 Å². The van der Waals surface area contributed by atoms with Crippen molar-refractivity contribution in [1.29, 1.82) is 0 Å². The standard InChI is InChI=1S/C17H18F3N5O3/c1-9(16(26)25-6-12(10(25)2)7-27-17(18,19)20)24-15-4-13(22-8-23-15)14-5-21-11(3)28-14/h4-5,7-10H,6H2,1-3H3,(H,22,23,24)/t9-,10+/m1/s1. The van der Waals surface area contributed by atoms with Crippen LogP contribution in [0.1, 0.15) is 19.7 Å². The summed E-state index contributed by atoms with van der Waals surface area (Å²) in [6.07, 6.45) is -1.22. The molecule has 8 nitrogen and oxygen atoms in total. The molecule has 3 rings (SSSR count). The molecule has 0 aromatic carbocycles. The SMILES string of the molecule is Cc1ncc(-c2cc(N[C@H](C)C(=O)N3CC(=COC(F)(F)F)[C@@H]3C)ncn2)o1. The van der Waals surface area contributed by atoms with Gasteiger partial charge in [-0.3, -0.25) is 4.79 Å². The molecule has 1 fully saturated rings. The van der Waals surface area contributed by atoms with E-state index in [1.165, 1.54) is 17.4 Å². The Morgan fingerprint density at radius 2 is 2.18 bits per heavy atom. The predicted octanol–water partition coefficient (Wildman–Crippen LogP) is 2.89. The number of alkyl halides is 3. The lowest BCUT2D eigenvalue weighted by molar-refractivity contribution is -0.298. The molecule has 28 heavy (non-hydrogen) atoms. The number of hydrogen-bond donors (Lipinski definition) is 1. The van der Waals surface area contributed by atoms with Gasteiger partial charge in [-0.05, 0) is 13.8 Å². The van der Waals surface area contributed by atoms with Gasteiger partial charge in [-0.1, -0.05) is 0 Å². The zero-order valence-electron chi connectivity index (χ0n) is 15.3. The van der Waals surface area contributed by atoms with E-state index < -0.39 is 18.4 Å². The summed E-state index contributed by atoms with van der Waals surface area (Å²) in [6.45, 7) is 5.06. The number of hydrogen-bond acceptors (Lipinski definition) is 7. The van der Waals surface area contributed by atoms with E-state index in [0.717, 1.165) is 0 Å². The maximum Gasteiger partial charge on any atom is 0.572 e. The van der Waals surface area contributed by atoms with Gasteiger partial charge in [-0.2, -0.15) is 0 Å². The maximum atomic E-state index is 12.5. The Morgan fingerprint density at radius 1 is 1.43 bits per heavy atom. The fourth-order valence-electron chi connectivity index (χ4n) is 2.68. The molecule has 11 heteroatoms. The molecule has 0 aliphatic carbocycles. The Bertz CT molecular complexity index is 896. The molecule has 2 aromatic rings. The van der Waals surface area contributed by atoms with Crippen LogP contribution in [-0.2, 0) is 9.53 Å². The highest BCUT2D eigenvalue weighted by molar-refractivity contribution is 5.86. The average molecular weight is 397 g/mol. The van der Waals surface area contributed by atoms with Crippen LogP contribution in [0.15, 0.2) is 34.8 Å². The largest absolute Gasteiger partial charge is 0.572 e. The first kappa shape index (κ1) is 19.6. The van der Waals surface area contributed by atoms with Gasteiger partial charge in [0.25, 0.3) is 0 Å². The zero-order valence-corrected chi connectivity index (χ0v) is 15.3. The molecule has 3 heterocycles. The van der Waals surface area contributed by atoms with Crippen LogP contribution < -0.4 is 5.32 Å². The molecule has 1 aliphatic heterocycles. The number of aryl methyl sites for hydroxylation is 1. The lowest BCUT2D eigenvalue weighted by Gasteiger charge is -2.42. The van der Waals surface area contributed by atoms with E-state index in [-0.39, 0.29) is 12.5 Å². The summed E-state index contributed by atoms with van der Waals surface area (Å²) in [5.41, 5.74) is 0.896. The fraction of sp³-hybridized carbons (Fsp3) is 0.412. The van der Waals surface area contributed by atoms with Crippen molar-refractivity contribution < 1.29 is 27.1 Å². The summed E-state index contributed by atoms with van der Waals surface area (Å²) in [5.74, 6) is 1.10. The topological polar surface area (TPSA) is 93.4 Å². The second kappa shape index (κ2) is 7.49. The number of aromatic nitrogens is 3. The first-order valence-electron chi connectivity index (χ1n) is 8.39. The maximum absolute atomic E-state index is 12.5. The number of carbonyl (C=O) groups excluding carboxylic acids is 1. The number of anilines is 1. The van der Waals surface area contributed by atoms with Crippen molar-refractivity contribution in [3.63, 3.8) is 0 Å². The molecular weight excluding hydrogens is 379 g/mol. The summed E-state index contributed by atoms with van der Waals surface area (Å²) < 4.78 is 45.4. The van der Waals surface area contributed by atoms with Crippen LogP contribution in [0.4, 0.5) is 19.0 Å². The smallest absolute Gasteiger partial charge is 0.439 e. The summed E-state index contributed by atoms with van der Waals surface area (Å²) >= 11 is 0. The van der Waals surface area contributed by atoms with Gasteiger partial charge in [0, 0.05) is 25.1 Å². The fourth-order valence-corrected chi connectivity index (χ4v) is 2.68. The minimum atomic E-state index is -4.74. The first-order valence-corrected chi connectivity index (χ1v) is 8.39. The Balaban J connectivity index is 1.61. The number of ether oxygens (including phenoxy) is 1. The third kappa shape index (κ3) is 4.41. The Hall–Kier alpha value is -3.11. The molecule has 150 valence electrons. The van der Waals surface area contributed by atoms with E-state index >= 15 is 0 Å².